The maximum Gasteiger partial charge on any atom is 0.240 e. The number of hydrogen-bond acceptors (Lipinski definition) is 5. The predicted molar refractivity (Wildman–Crippen MR) is 107 cm³/mol. The quantitative estimate of drug-likeness (QED) is 0.689. The van der Waals surface area contributed by atoms with Crippen molar-refractivity contribution in [1.82, 2.24) is 5.01 Å². The summed E-state index contributed by atoms with van der Waals surface area (Å²) in [4.78, 5) is 41.0. The Morgan fingerprint density at radius 3 is 2.25 bits per heavy atom. The highest BCUT2D eigenvalue weighted by Crippen LogP contribution is 2.47. The van der Waals surface area contributed by atoms with E-state index < -0.39 is 35.2 Å². The number of carbonyl (C=O) groups excluding carboxylic acids is 3. The molecule has 0 saturated carbocycles. The van der Waals surface area contributed by atoms with Crippen LogP contribution >= 0.6 is 23.2 Å². The van der Waals surface area contributed by atoms with Crippen LogP contribution in [0.2, 0.25) is 10.0 Å². The Kier molecular flexibility index (Phi) is 4.39. The van der Waals surface area contributed by atoms with Gasteiger partial charge >= 0.3 is 0 Å². The highest BCUT2D eigenvalue weighted by atomic mass is 35.5. The summed E-state index contributed by atoms with van der Waals surface area (Å²) in [6, 6.07) is 3.34. The molecule has 4 rings (SSSR count). The number of Topliss-reactive ketones (excluding diaryl/α,β-unsaturated/α-hetero) is 1. The van der Waals surface area contributed by atoms with Crippen molar-refractivity contribution in [1.29, 1.82) is 0 Å². The molecule has 0 spiro atoms. The Bertz CT molecular complexity index is 930. The van der Waals surface area contributed by atoms with Crippen LogP contribution in [0.1, 0.15) is 20.8 Å². The van der Waals surface area contributed by atoms with Gasteiger partial charge in [-0.3, -0.25) is 19.4 Å². The van der Waals surface area contributed by atoms with Gasteiger partial charge in [-0.05, 0) is 24.3 Å². The van der Waals surface area contributed by atoms with E-state index in [2.05, 4.69) is 5.10 Å². The maximum atomic E-state index is 13.4. The van der Waals surface area contributed by atoms with Gasteiger partial charge in [-0.15, -0.1) is 0 Å². The summed E-state index contributed by atoms with van der Waals surface area (Å²) in [6.45, 7) is 5.41. The minimum Gasteiger partial charge on any atom is -0.297 e. The molecule has 8 heteroatoms. The number of halogens is 2. The Labute approximate surface area is 172 Å². The molecule has 28 heavy (non-hydrogen) atoms. The van der Waals surface area contributed by atoms with Crippen LogP contribution in [0.15, 0.2) is 35.5 Å². The van der Waals surface area contributed by atoms with Crippen LogP contribution in [0.4, 0.5) is 5.69 Å². The van der Waals surface area contributed by atoms with Crippen LogP contribution in [-0.2, 0) is 14.4 Å². The van der Waals surface area contributed by atoms with E-state index >= 15 is 0 Å². The van der Waals surface area contributed by atoms with E-state index in [0.717, 1.165) is 4.90 Å². The lowest BCUT2D eigenvalue weighted by Crippen LogP contribution is -2.49. The van der Waals surface area contributed by atoms with E-state index in [4.69, 9.17) is 23.2 Å². The standard InChI is InChI=1S/C20H19Cl2N3O3/c1-20(2,3)17(26)16-15-14(13-5-4-6-23-25(13)16)18(27)24(19(15)28)12-8-10(21)7-11(22)9-12/h4-9,13-16H,1-3H3/t13-,14-,15+,16-/m1/s1. The number of allylic oxidation sites excluding steroid dienone is 1. The molecule has 0 bridgehead atoms. The number of carbonyl (C=O) groups is 3. The Morgan fingerprint density at radius 2 is 1.64 bits per heavy atom. The molecule has 0 aliphatic carbocycles. The van der Waals surface area contributed by atoms with Crippen LogP contribution in [0.5, 0.6) is 0 Å². The average molecular weight is 420 g/mol. The minimum absolute atomic E-state index is 0.121. The van der Waals surface area contributed by atoms with Gasteiger partial charge in [0.1, 0.15) is 6.04 Å². The lowest BCUT2D eigenvalue weighted by atomic mass is 9.80. The van der Waals surface area contributed by atoms with Gasteiger partial charge in [-0.25, -0.2) is 4.90 Å². The monoisotopic (exact) mass is 419 g/mol. The predicted octanol–water partition coefficient (Wildman–Crippen LogP) is 3.32. The smallest absolute Gasteiger partial charge is 0.240 e. The van der Waals surface area contributed by atoms with E-state index in [-0.39, 0.29) is 11.7 Å². The van der Waals surface area contributed by atoms with Crippen molar-refractivity contribution in [3.63, 3.8) is 0 Å². The topological polar surface area (TPSA) is 70.0 Å². The van der Waals surface area contributed by atoms with Gasteiger partial charge in [0.25, 0.3) is 0 Å². The van der Waals surface area contributed by atoms with E-state index in [1.807, 2.05) is 6.08 Å². The van der Waals surface area contributed by atoms with E-state index in [0.29, 0.717) is 15.7 Å². The molecule has 146 valence electrons. The van der Waals surface area contributed by atoms with Crippen molar-refractivity contribution in [3.05, 3.63) is 40.4 Å². The zero-order valence-corrected chi connectivity index (χ0v) is 17.1. The molecule has 1 aromatic carbocycles. The molecular formula is C20H19Cl2N3O3. The van der Waals surface area contributed by atoms with Crippen molar-refractivity contribution in [2.75, 3.05) is 4.90 Å². The average Bonchev–Trinajstić information content (AvgIpc) is 3.06. The zero-order valence-electron chi connectivity index (χ0n) is 15.6. The molecule has 3 heterocycles. The molecule has 0 unspecified atom stereocenters. The Hall–Kier alpha value is -2.18. The fourth-order valence-electron chi connectivity index (χ4n) is 4.20. The van der Waals surface area contributed by atoms with E-state index in [1.165, 1.54) is 18.2 Å². The second-order valence-electron chi connectivity index (χ2n) is 8.27. The molecule has 0 N–H and O–H groups in total. The van der Waals surface area contributed by atoms with Crippen LogP contribution < -0.4 is 4.90 Å². The third-order valence-corrected chi connectivity index (χ3v) is 5.84. The Morgan fingerprint density at radius 1 is 1.04 bits per heavy atom. The number of anilines is 1. The molecule has 2 saturated heterocycles. The number of ketones is 1. The molecule has 3 aliphatic heterocycles. The Balaban J connectivity index is 1.81. The largest absolute Gasteiger partial charge is 0.297 e. The fourth-order valence-corrected chi connectivity index (χ4v) is 4.72. The molecule has 0 aromatic heterocycles. The van der Waals surface area contributed by atoms with Crippen molar-refractivity contribution in [3.8, 4) is 0 Å². The number of rotatable bonds is 2. The van der Waals surface area contributed by atoms with Gasteiger partial charge in [-0.1, -0.05) is 50.0 Å². The normalized spacial score (nSPS) is 28.8. The van der Waals surface area contributed by atoms with Crippen molar-refractivity contribution >= 4 is 52.7 Å². The van der Waals surface area contributed by atoms with Gasteiger partial charge < -0.3 is 0 Å². The van der Waals surface area contributed by atoms with Crippen molar-refractivity contribution in [2.45, 2.75) is 32.9 Å². The van der Waals surface area contributed by atoms with E-state index in [1.54, 1.807) is 38.1 Å². The van der Waals surface area contributed by atoms with Crippen molar-refractivity contribution < 1.29 is 14.4 Å². The molecule has 2 amide bonds. The maximum absolute atomic E-state index is 13.4. The highest BCUT2D eigenvalue weighted by Gasteiger charge is 2.64. The van der Waals surface area contributed by atoms with Gasteiger partial charge in [0.2, 0.25) is 11.8 Å². The van der Waals surface area contributed by atoms with Crippen molar-refractivity contribution in [2.24, 2.45) is 22.4 Å². The number of nitrogens with zero attached hydrogens (tertiary/aromatic N) is 3. The van der Waals surface area contributed by atoms with Crippen LogP contribution in [0, 0.1) is 17.3 Å². The number of amides is 2. The molecule has 4 atom stereocenters. The molecule has 3 aliphatic rings. The summed E-state index contributed by atoms with van der Waals surface area (Å²) in [5.41, 5.74) is -0.365. The minimum atomic E-state index is -0.804. The molecule has 6 nitrogen and oxygen atoms in total. The van der Waals surface area contributed by atoms with Gasteiger partial charge in [0.05, 0.1) is 23.6 Å². The molecule has 0 radical (unpaired) electrons. The summed E-state index contributed by atoms with van der Waals surface area (Å²) in [5.74, 6) is -2.40. The second-order valence-corrected chi connectivity index (χ2v) is 9.14. The number of hydrogen-bond donors (Lipinski definition) is 0. The van der Waals surface area contributed by atoms with Gasteiger partial charge in [-0.2, -0.15) is 5.10 Å². The van der Waals surface area contributed by atoms with Crippen LogP contribution in [-0.4, -0.2) is 40.9 Å². The number of fused-ring (bicyclic) bond motifs is 3. The summed E-state index contributed by atoms with van der Waals surface area (Å²) in [5, 5.41) is 6.58. The summed E-state index contributed by atoms with van der Waals surface area (Å²) < 4.78 is 0. The summed E-state index contributed by atoms with van der Waals surface area (Å²) in [6.07, 6.45) is 5.13. The third kappa shape index (κ3) is 2.78. The lowest BCUT2D eigenvalue weighted by Gasteiger charge is -2.33. The number of imide groups is 1. The first kappa shape index (κ1) is 19.2. The second kappa shape index (κ2) is 6.42. The summed E-state index contributed by atoms with van der Waals surface area (Å²) in [7, 11) is 0. The van der Waals surface area contributed by atoms with Gasteiger partial charge in [0.15, 0.2) is 5.78 Å². The third-order valence-electron chi connectivity index (χ3n) is 5.40. The first-order chi connectivity index (χ1) is 13.1. The molecule has 1 aromatic rings. The van der Waals surface area contributed by atoms with Crippen LogP contribution in [0.3, 0.4) is 0 Å². The first-order valence-corrected chi connectivity index (χ1v) is 9.74. The number of benzene rings is 1. The highest BCUT2D eigenvalue weighted by molar-refractivity contribution is 6.35. The zero-order chi connectivity index (χ0) is 20.4. The number of hydrazone groups is 1. The first-order valence-electron chi connectivity index (χ1n) is 8.98. The van der Waals surface area contributed by atoms with E-state index in [9.17, 15) is 14.4 Å². The summed E-state index contributed by atoms with van der Waals surface area (Å²) >= 11 is 12.1. The molecular weight excluding hydrogens is 401 g/mol. The van der Waals surface area contributed by atoms with Gasteiger partial charge in [0, 0.05) is 21.7 Å². The SMILES string of the molecule is CC(C)(C)C(=O)[C@H]1[C@H]2C(=O)N(c3cc(Cl)cc(Cl)c3)C(=O)[C@@H]2[C@H]2C=CC=NN21. The van der Waals surface area contributed by atoms with Crippen LogP contribution in [0.25, 0.3) is 0 Å². The lowest BCUT2D eigenvalue weighted by molar-refractivity contribution is -0.136. The fraction of sp³-hybridized carbons (Fsp3) is 0.400. The molecule has 2 fully saturated rings.